The maximum Gasteiger partial charge on any atom is 0.335 e. The Kier molecular flexibility index (Phi) is 6.20. The molecule has 0 spiro atoms. The molecule has 0 saturated carbocycles. The van der Waals surface area contributed by atoms with Crippen LogP contribution in [0.15, 0.2) is 30.6 Å². The molecular weight excluding hydrogens is 314 g/mol. The molecule has 2 N–H and O–H groups in total. The molecule has 0 aliphatic heterocycles. The zero-order valence-electron chi connectivity index (χ0n) is 13.6. The number of carbonyl (C=O) groups is 2. The highest BCUT2D eigenvalue weighted by Crippen LogP contribution is 2.13. The van der Waals surface area contributed by atoms with Gasteiger partial charge in [0.2, 0.25) is 0 Å². The van der Waals surface area contributed by atoms with E-state index in [1.807, 2.05) is 10.9 Å². The summed E-state index contributed by atoms with van der Waals surface area (Å²) in [6.07, 6.45) is 4.70. The van der Waals surface area contributed by atoms with Crippen molar-refractivity contribution in [3.63, 3.8) is 0 Å². The summed E-state index contributed by atoms with van der Waals surface area (Å²) in [4.78, 5) is 21.2. The van der Waals surface area contributed by atoms with Gasteiger partial charge in [-0.15, -0.1) is 5.10 Å². The summed E-state index contributed by atoms with van der Waals surface area (Å²) in [5, 5.41) is 25.0. The fraction of sp³-hybridized carbons (Fsp3) is 0.333. The minimum Gasteiger partial charge on any atom is -0.478 e. The lowest BCUT2D eigenvalue weighted by atomic mass is 10.0. The Labute approximate surface area is 135 Å². The summed E-state index contributed by atoms with van der Waals surface area (Å²) in [5.41, 5.74) is 0.335. The van der Waals surface area contributed by atoms with Crippen molar-refractivity contribution in [2.45, 2.75) is 32.7 Å². The average molecular weight is 335 g/mol. The van der Waals surface area contributed by atoms with E-state index in [1.165, 1.54) is 25.1 Å². The topological polar surface area (TPSA) is 105 Å². The Morgan fingerprint density at radius 1 is 1.13 bits per heavy atom. The summed E-state index contributed by atoms with van der Waals surface area (Å²) < 4.78 is 1.91. The summed E-state index contributed by atoms with van der Waals surface area (Å²) in [6.45, 7) is 8.42. The van der Waals surface area contributed by atoms with Crippen molar-refractivity contribution in [2.24, 2.45) is 0 Å². The Morgan fingerprint density at radius 3 is 2.00 bits per heavy atom. The van der Waals surface area contributed by atoms with Gasteiger partial charge < -0.3 is 10.2 Å². The zero-order chi connectivity index (χ0) is 17.6. The Hall–Kier alpha value is -2.48. The van der Waals surface area contributed by atoms with Gasteiger partial charge in [0.15, 0.2) is 0 Å². The number of carboxylic acid groups (broad SMARTS) is 2. The van der Waals surface area contributed by atoms with Gasteiger partial charge in [-0.05, 0) is 24.6 Å². The van der Waals surface area contributed by atoms with Crippen LogP contribution >= 0.6 is 0 Å². The molecule has 7 nitrogen and oxygen atoms in total. The number of hydrogen-bond acceptors (Lipinski definition) is 4. The summed E-state index contributed by atoms with van der Waals surface area (Å²) in [7, 11) is -1.00. The second-order valence-corrected chi connectivity index (χ2v) is 11.7. The number of benzene rings is 1. The van der Waals surface area contributed by atoms with E-state index < -0.39 is 20.0 Å². The largest absolute Gasteiger partial charge is 0.478 e. The van der Waals surface area contributed by atoms with Crippen LogP contribution in [0.4, 0.5) is 0 Å². The predicted molar refractivity (Wildman–Crippen MR) is 88.5 cm³/mol. The summed E-state index contributed by atoms with van der Waals surface area (Å²) in [6, 6.07) is 4.17. The van der Waals surface area contributed by atoms with E-state index in [4.69, 9.17) is 10.2 Å². The van der Waals surface area contributed by atoms with Crippen molar-refractivity contribution >= 4 is 20.0 Å². The number of aromatic carboxylic acids is 2. The molecule has 0 amide bonds. The molecule has 0 aliphatic rings. The molecule has 0 unspecified atom stereocenters. The Morgan fingerprint density at radius 2 is 1.65 bits per heavy atom. The fourth-order valence-corrected chi connectivity index (χ4v) is 3.04. The van der Waals surface area contributed by atoms with Crippen LogP contribution in [0.5, 0.6) is 0 Å². The van der Waals surface area contributed by atoms with Gasteiger partial charge >= 0.3 is 11.9 Å². The third-order valence-electron chi connectivity index (χ3n) is 2.90. The van der Waals surface area contributed by atoms with Crippen molar-refractivity contribution in [3.05, 3.63) is 47.3 Å². The molecule has 0 saturated heterocycles. The van der Waals surface area contributed by atoms with E-state index in [2.05, 4.69) is 30.0 Å². The minimum absolute atomic E-state index is 0.0277. The van der Waals surface area contributed by atoms with Crippen LogP contribution in [-0.2, 0) is 6.17 Å². The minimum atomic E-state index is -1.11. The molecule has 0 aliphatic carbocycles. The van der Waals surface area contributed by atoms with Crippen LogP contribution in [0.25, 0.3) is 0 Å². The first kappa shape index (κ1) is 18.6. The third-order valence-corrected chi connectivity index (χ3v) is 4.18. The van der Waals surface area contributed by atoms with Crippen molar-refractivity contribution in [2.75, 3.05) is 0 Å². The van der Waals surface area contributed by atoms with Gasteiger partial charge in [-0.25, -0.2) is 9.59 Å². The van der Waals surface area contributed by atoms with Crippen LogP contribution in [0, 0.1) is 6.92 Å². The number of aromatic nitrogens is 3. The SMILES string of the molecule is C[Si](C)(C)Cn1ccnn1.Cc1c(C(=O)O)cccc1C(=O)O. The van der Waals surface area contributed by atoms with E-state index in [0.29, 0.717) is 0 Å². The lowest BCUT2D eigenvalue weighted by Crippen LogP contribution is -2.28. The van der Waals surface area contributed by atoms with E-state index in [-0.39, 0.29) is 16.7 Å². The van der Waals surface area contributed by atoms with Gasteiger partial charge in [-0.1, -0.05) is 30.9 Å². The van der Waals surface area contributed by atoms with Crippen molar-refractivity contribution in [3.8, 4) is 0 Å². The molecule has 23 heavy (non-hydrogen) atoms. The predicted octanol–water partition coefficient (Wildman–Crippen LogP) is 2.55. The average Bonchev–Trinajstić information content (AvgIpc) is 2.89. The number of carboxylic acids is 2. The third kappa shape index (κ3) is 6.03. The first-order valence-corrected chi connectivity index (χ1v) is 10.7. The first-order valence-electron chi connectivity index (χ1n) is 7.02. The van der Waals surface area contributed by atoms with Gasteiger partial charge in [0.1, 0.15) is 0 Å². The highest BCUT2D eigenvalue weighted by molar-refractivity contribution is 6.74. The van der Waals surface area contributed by atoms with Gasteiger partial charge in [0.25, 0.3) is 0 Å². The van der Waals surface area contributed by atoms with Gasteiger partial charge in [0.05, 0.1) is 25.4 Å². The molecule has 2 aromatic rings. The van der Waals surface area contributed by atoms with E-state index in [9.17, 15) is 9.59 Å². The molecule has 1 aromatic carbocycles. The molecule has 124 valence electrons. The standard InChI is InChI=1S/C9H8O4.C6H13N3Si/c1-5-6(8(10)11)3-2-4-7(5)9(12)13;1-10(2,3)6-9-5-4-7-8-9/h2-4H,1H3,(H,10,11)(H,12,13);4-5H,6H2,1-3H3. The monoisotopic (exact) mass is 335 g/mol. The maximum atomic E-state index is 10.6. The molecule has 2 rings (SSSR count). The van der Waals surface area contributed by atoms with Crippen molar-refractivity contribution in [1.29, 1.82) is 0 Å². The van der Waals surface area contributed by atoms with Crippen LogP contribution in [0.2, 0.25) is 19.6 Å². The second kappa shape index (κ2) is 7.68. The highest BCUT2D eigenvalue weighted by atomic mass is 28.3. The molecule has 0 fully saturated rings. The van der Waals surface area contributed by atoms with E-state index in [1.54, 1.807) is 6.20 Å². The van der Waals surface area contributed by atoms with Crippen molar-refractivity contribution in [1.82, 2.24) is 15.0 Å². The highest BCUT2D eigenvalue weighted by Gasteiger charge is 2.14. The molecule has 0 bridgehead atoms. The fourth-order valence-electron chi connectivity index (χ4n) is 1.90. The van der Waals surface area contributed by atoms with Crippen LogP contribution in [0.1, 0.15) is 26.3 Å². The van der Waals surface area contributed by atoms with Gasteiger partial charge in [-0.2, -0.15) is 0 Å². The Balaban J connectivity index is 0.000000238. The van der Waals surface area contributed by atoms with Crippen LogP contribution in [0.3, 0.4) is 0 Å². The lowest BCUT2D eigenvalue weighted by Gasteiger charge is -2.14. The molecule has 8 heteroatoms. The number of nitrogens with zero attached hydrogens (tertiary/aromatic N) is 3. The normalized spacial score (nSPS) is 10.6. The van der Waals surface area contributed by atoms with Gasteiger partial charge in [-0.3, -0.25) is 4.68 Å². The number of rotatable bonds is 4. The molecule has 0 radical (unpaired) electrons. The van der Waals surface area contributed by atoms with Gasteiger partial charge in [0, 0.05) is 12.4 Å². The van der Waals surface area contributed by atoms with Crippen LogP contribution < -0.4 is 0 Å². The van der Waals surface area contributed by atoms with Crippen molar-refractivity contribution < 1.29 is 19.8 Å². The zero-order valence-corrected chi connectivity index (χ0v) is 14.6. The van der Waals surface area contributed by atoms with E-state index >= 15 is 0 Å². The molecule has 1 aromatic heterocycles. The molecule has 1 heterocycles. The Bertz CT molecular complexity index is 646. The lowest BCUT2D eigenvalue weighted by molar-refractivity contribution is 0.0696. The van der Waals surface area contributed by atoms with Crippen LogP contribution in [-0.4, -0.2) is 45.2 Å². The first-order chi connectivity index (χ1) is 10.6. The van der Waals surface area contributed by atoms with E-state index in [0.717, 1.165) is 6.17 Å². The summed E-state index contributed by atoms with van der Waals surface area (Å²) >= 11 is 0. The molecular formula is C15H21N3O4Si. The number of hydrogen-bond donors (Lipinski definition) is 2. The molecule has 0 atom stereocenters. The summed E-state index contributed by atoms with van der Waals surface area (Å²) in [5.74, 6) is -2.22. The smallest absolute Gasteiger partial charge is 0.335 e. The maximum absolute atomic E-state index is 10.6. The second-order valence-electron chi connectivity index (χ2n) is 6.25. The quantitative estimate of drug-likeness (QED) is 0.832.